The summed E-state index contributed by atoms with van der Waals surface area (Å²) in [6.07, 6.45) is 0. The van der Waals surface area contributed by atoms with Crippen molar-refractivity contribution in [2.24, 2.45) is 5.10 Å². The standard InChI is InChI=1S/C17H11Cl3N4OS/c1-25-11-4-2-9(3-5-11)14-8-26-17-22-21-16(24(17)23-14)12-6-10(18)7-13(19)15(12)20/h2-7H,8H2,1H3. The molecule has 0 fully saturated rings. The number of ether oxygens (including phenoxy) is 1. The van der Waals surface area contributed by atoms with Crippen LogP contribution in [0.15, 0.2) is 46.7 Å². The molecule has 0 bridgehead atoms. The molecule has 0 saturated heterocycles. The van der Waals surface area contributed by atoms with Gasteiger partial charge in [-0.1, -0.05) is 46.6 Å². The number of aromatic nitrogens is 3. The van der Waals surface area contributed by atoms with Gasteiger partial charge in [-0.25, -0.2) is 0 Å². The zero-order valence-corrected chi connectivity index (χ0v) is 16.5. The first-order valence-electron chi connectivity index (χ1n) is 7.52. The summed E-state index contributed by atoms with van der Waals surface area (Å²) in [6, 6.07) is 11.0. The molecule has 1 aliphatic rings. The molecule has 2 heterocycles. The topological polar surface area (TPSA) is 52.3 Å². The van der Waals surface area contributed by atoms with Crippen LogP contribution in [-0.2, 0) is 0 Å². The molecule has 0 saturated carbocycles. The summed E-state index contributed by atoms with van der Waals surface area (Å²) in [5.74, 6) is 1.98. The van der Waals surface area contributed by atoms with Gasteiger partial charge in [0.05, 0.1) is 22.9 Å². The Bertz CT molecular complexity index is 1020. The van der Waals surface area contributed by atoms with Crippen molar-refractivity contribution in [1.29, 1.82) is 0 Å². The first-order chi connectivity index (χ1) is 12.6. The number of fused-ring (bicyclic) bond motifs is 1. The summed E-state index contributed by atoms with van der Waals surface area (Å²) in [5.41, 5.74) is 2.48. The van der Waals surface area contributed by atoms with Gasteiger partial charge >= 0.3 is 0 Å². The van der Waals surface area contributed by atoms with Crippen LogP contribution >= 0.6 is 46.6 Å². The molecule has 5 nitrogen and oxygen atoms in total. The van der Waals surface area contributed by atoms with Gasteiger partial charge in [0, 0.05) is 16.3 Å². The number of hydrogen-bond acceptors (Lipinski definition) is 5. The lowest BCUT2D eigenvalue weighted by molar-refractivity contribution is 0.415. The van der Waals surface area contributed by atoms with Gasteiger partial charge in [-0.05, 0) is 42.0 Å². The third kappa shape index (κ3) is 3.18. The fraction of sp³-hybridized carbons (Fsp3) is 0.118. The van der Waals surface area contributed by atoms with Crippen molar-refractivity contribution >= 4 is 52.3 Å². The van der Waals surface area contributed by atoms with E-state index in [0.29, 0.717) is 37.4 Å². The lowest BCUT2D eigenvalue weighted by Gasteiger charge is -2.15. The molecular weight excluding hydrogens is 415 g/mol. The smallest absolute Gasteiger partial charge is 0.212 e. The third-order valence-corrected chi connectivity index (χ3v) is 5.78. The van der Waals surface area contributed by atoms with E-state index in [4.69, 9.17) is 44.6 Å². The lowest BCUT2D eigenvalue weighted by Crippen LogP contribution is -2.13. The molecule has 0 unspecified atom stereocenters. The highest BCUT2D eigenvalue weighted by atomic mass is 35.5. The maximum absolute atomic E-state index is 6.35. The van der Waals surface area contributed by atoms with Gasteiger partial charge in [0.25, 0.3) is 0 Å². The molecule has 0 spiro atoms. The van der Waals surface area contributed by atoms with Gasteiger partial charge in [0.15, 0.2) is 5.82 Å². The van der Waals surface area contributed by atoms with Crippen molar-refractivity contribution in [1.82, 2.24) is 14.9 Å². The maximum Gasteiger partial charge on any atom is 0.212 e. The minimum absolute atomic E-state index is 0.356. The van der Waals surface area contributed by atoms with Crippen LogP contribution in [0.5, 0.6) is 5.75 Å². The second-order valence-corrected chi connectivity index (χ2v) is 7.60. The quantitative estimate of drug-likeness (QED) is 0.536. The van der Waals surface area contributed by atoms with E-state index in [-0.39, 0.29) is 0 Å². The highest BCUT2D eigenvalue weighted by Gasteiger charge is 2.23. The maximum atomic E-state index is 6.35. The molecule has 2 aromatic carbocycles. The number of benzene rings is 2. The number of hydrogen-bond donors (Lipinski definition) is 0. The molecular formula is C17H11Cl3N4OS. The molecule has 1 aromatic heterocycles. The molecule has 132 valence electrons. The van der Waals surface area contributed by atoms with Gasteiger partial charge in [0.2, 0.25) is 5.16 Å². The normalized spacial score (nSPS) is 13.3. The predicted octanol–water partition coefficient (Wildman–Crippen LogP) is 5.27. The van der Waals surface area contributed by atoms with Crippen molar-refractivity contribution in [3.63, 3.8) is 0 Å². The second kappa shape index (κ2) is 7.12. The van der Waals surface area contributed by atoms with Crippen molar-refractivity contribution in [3.05, 3.63) is 57.0 Å². The first kappa shape index (κ1) is 17.7. The largest absolute Gasteiger partial charge is 0.497 e. The first-order valence-corrected chi connectivity index (χ1v) is 9.64. The Morgan fingerprint density at radius 1 is 1.08 bits per heavy atom. The van der Waals surface area contributed by atoms with E-state index in [0.717, 1.165) is 17.0 Å². The number of rotatable bonds is 3. The minimum Gasteiger partial charge on any atom is -0.497 e. The van der Waals surface area contributed by atoms with E-state index in [1.54, 1.807) is 35.7 Å². The number of thioether (sulfide) groups is 1. The van der Waals surface area contributed by atoms with Crippen LogP contribution in [0.4, 0.5) is 0 Å². The van der Waals surface area contributed by atoms with Gasteiger partial charge in [-0.3, -0.25) is 0 Å². The van der Waals surface area contributed by atoms with Crippen LogP contribution in [-0.4, -0.2) is 33.4 Å². The molecule has 4 rings (SSSR count). The van der Waals surface area contributed by atoms with Gasteiger partial charge in [-0.15, -0.1) is 10.2 Å². The van der Waals surface area contributed by atoms with Crippen molar-refractivity contribution in [2.75, 3.05) is 12.9 Å². The Balaban J connectivity index is 1.80. The Morgan fingerprint density at radius 2 is 1.85 bits per heavy atom. The van der Waals surface area contributed by atoms with Crippen molar-refractivity contribution < 1.29 is 4.74 Å². The minimum atomic E-state index is 0.356. The fourth-order valence-corrected chi connectivity index (χ4v) is 4.06. The monoisotopic (exact) mass is 424 g/mol. The average molecular weight is 426 g/mol. The van der Waals surface area contributed by atoms with E-state index in [2.05, 4.69) is 10.2 Å². The van der Waals surface area contributed by atoms with E-state index in [1.807, 2.05) is 24.3 Å². The molecule has 9 heteroatoms. The Kier molecular flexibility index (Phi) is 4.84. The summed E-state index contributed by atoms with van der Waals surface area (Å²) in [7, 11) is 1.64. The van der Waals surface area contributed by atoms with Gasteiger partial charge in [0.1, 0.15) is 5.75 Å². The molecule has 26 heavy (non-hydrogen) atoms. The number of halogens is 3. The SMILES string of the molecule is COc1ccc(C2=Nn3c(nnc3-c3cc(Cl)cc(Cl)c3Cl)SC2)cc1. The Labute approximate surface area is 168 Å². The summed E-state index contributed by atoms with van der Waals surface area (Å²) in [6.45, 7) is 0. The molecule has 0 amide bonds. The van der Waals surface area contributed by atoms with E-state index in [1.165, 1.54) is 0 Å². The zero-order valence-electron chi connectivity index (χ0n) is 13.4. The third-order valence-electron chi connectivity index (χ3n) is 3.83. The van der Waals surface area contributed by atoms with Crippen LogP contribution in [0.2, 0.25) is 15.1 Å². The van der Waals surface area contributed by atoms with Crippen LogP contribution in [0.3, 0.4) is 0 Å². The van der Waals surface area contributed by atoms with Crippen LogP contribution < -0.4 is 4.74 Å². The molecule has 0 N–H and O–H groups in total. The Morgan fingerprint density at radius 3 is 2.58 bits per heavy atom. The van der Waals surface area contributed by atoms with Gasteiger partial charge < -0.3 is 4.74 Å². The highest BCUT2D eigenvalue weighted by Crippen LogP contribution is 2.37. The van der Waals surface area contributed by atoms with E-state index >= 15 is 0 Å². The average Bonchev–Trinajstić information content (AvgIpc) is 3.07. The van der Waals surface area contributed by atoms with Crippen molar-refractivity contribution in [3.8, 4) is 17.1 Å². The molecule has 0 radical (unpaired) electrons. The van der Waals surface area contributed by atoms with Crippen LogP contribution in [0.1, 0.15) is 5.56 Å². The summed E-state index contributed by atoms with van der Waals surface area (Å²) < 4.78 is 6.87. The lowest BCUT2D eigenvalue weighted by atomic mass is 10.1. The zero-order chi connectivity index (χ0) is 18.3. The fourth-order valence-electron chi connectivity index (χ4n) is 2.54. The van der Waals surface area contributed by atoms with E-state index in [9.17, 15) is 0 Å². The Hall–Kier alpha value is -1.73. The molecule has 0 atom stereocenters. The molecule has 3 aromatic rings. The van der Waals surface area contributed by atoms with E-state index < -0.39 is 0 Å². The summed E-state index contributed by atoms with van der Waals surface area (Å²) >= 11 is 20.2. The number of nitrogens with zero attached hydrogens (tertiary/aromatic N) is 4. The summed E-state index contributed by atoms with van der Waals surface area (Å²) in [4.78, 5) is 0. The molecule has 1 aliphatic heterocycles. The second-order valence-electron chi connectivity index (χ2n) is 5.43. The highest BCUT2D eigenvalue weighted by molar-refractivity contribution is 7.99. The summed E-state index contributed by atoms with van der Waals surface area (Å²) in [5, 5.41) is 15.0. The van der Waals surface area contributed by atoms with Crippen LogP contribution in [0, 0.1) is 0 Å². The number of methoxy groups -OCH3 is 1. The van der Waals surface area contributed by atoms with Crippen LogP contribution in [0.25, 0.3) is 11.4 Å². The van der Waals surface area contributed by atoms with Crippen molar-refractivity contribution in [2.45, 2.75) is 5.16 Å². The van der Waals surface area contributed by atoms with Gasteiger partial charge in [-0.2, -0.15) is 9.78 Å². The molecule has 0 aliphatic carbocycles. The predicted molar refractivity (Wildman–Crippen MR) is 106 cm³/mol.